The zero-order valence-electron chi connectivity index (χ0n) is 14.3. The van der Waals surface area contributed by atoms with E-state index >= 15 is 0 Å². The van der Waals surface area contributed by atoms with Gasteiger partial charge in [-0.15, -0.1) is 0 Å². The molecule has 0 aromatic carbocycles. The van der Waals surface area contributed by atoms with Crippen molar-refractivity contribution < 1.29 is 0 Å². The molecule has 3 saturated carbocycles. The molecular weight excluding hydrogens is 256 g/mol. The molecule has 0 aromatic heterocycles. The maximum absolute atomic E-state index is 6.27. The van der Waals surface area contributed by atoms with Crippen molar-refractivity contribution in [3.05, 3.63) is 0 Å². The minimum atomic E-state index is 0.325. The smallest absolute Gasteiger partial charge is 0.0329 e. The van der Waals surface area contributed by atoms with Gasteiger partial charge in [-0.05, 0) is 75.7 Å². The molecule has 3 fully saturated rings. The first-order valence-corrected chi connectivity index (χ1v) is 9.58. The molecule has 3 atom stereocenters. The summed E-state index contributed by atoms with van der Waals surface area (Å²) >= 11 is 0. The fourth-order valence-corrected chi connectivity index (χ4v) is 5.80. The average Bonchev–Trinajstić information content (AvgIpc) is 3.11. The van der Waals surface area contributed by atoms with Gasteiger partial charge in [0.2, 0.25) is 0 Å². The number of fused-ring (bicyclic) bond motifs is 2. The number of rotatable bonds is 6. The highest BCUT2D eigenvalue weighted by atomic mass is 15.2. The van der Waals surface area contributed by atoms with Crippen LogP contribution in [0.5, 0.6) is 0 Å². The fourth-order valence-electron chi connectivity index (χ4n) is 5.80. The van der Waals surface area contributed by atoms with Crippen molar-refractivity contribution >= 4 is 0 Å². The van der Waals surface area contributed by atoms with Gasteiger partial charge in [0.25, 0.3) is 0 Å². The Morgan fingerprint density at radius 2 is 1.86 bits per heavy atom. The molecule has 21 heavy (non-hydrogen) atoms. The molecule has 0 heterocycles. The SMILES string of the molecule is CCCC1CCC(CN)(N(C)CC2CC3CCC2C3)CC1. The summed E-state index contributed by atoms with van der Waals surface area (Å²) in [5.41, 5.74) is 6.59. The van der Waals surface area contributed by atoms with E-state index in [4.69, 9.17) is 5.73 Å². The average molecular weight is 293 g/mol. The van der Waals surface area contributed by atoms with Gasteiger partial charge in [0.05, 0.1) is 0 Å². The van der Waals surface area contributed by atoms with Crippen molar-refractivity contribution in [1.82, 2.24) is 4.90 Å². The second kappa shape index (κ2) is 6.58. The van der Waals surface area contributed by atoms with Crippen LogP contribution < -0.4 is 5.73 Å². The Hall–Kier alpha value is -0.0800. The van der Waals surface area contributed by atoms with E-state index in [1.165, 1.54) is 70.8 Å². The number of nitrogens with two attached hydrogens (primary N) is 1. The summed E-state index contributed by atoms with van der Waals surface area (Å²) in [5.74, 6) is 4.07. The highest BCUT2D eigenvalue weighted by Crippen LogP contribution is 2.49. The molecule has 2 heteroatoms. The van der Waals surface area contributed by atoms with Crippen LogP contribution in [0.15, 0.2) is 0 Å². The van der Waals surface area contributed by atoms with Gasteiger partial charge in [-0.2, -0.15) is 0 Å². The highest BCUT2D eigenvalue weighted by molar-refractivity contribution is 4.98. The van der Waals surface area contributed by atoms with E-state index in [1.54, 1.807) is 0 Å². The Balaban J connectivity index is 1.55. The number of likely N-dealkylation sites (N-methyl/N-ethyl adjacent to an activating group) is 1. The fraction of sp³-hybridized carbons (Fsp3) is 1.00. The van der Waals surface area contributed by atoms with Crippen LogP contribution in [0.3, 0.4) is 0 Å². The summed E-state index contributed by atoms with van der Waals surface area (Å²) in [6, 6.07) is 0. The largest absolute Gasteiger partial charge is 0.329 e. The van der Waals surface area contributed by atoms with Gasteiger partial charge in [0.15, 0.2) is 0 Å². The lowest BCUT2D eigenvalue weighted by atomic mass is 9.73. The van der Waals surface area contributed by atoms with Crippen LogP contribution in [0.1, 0.15) is 71.1 Å². The van der Waals surface area contributed by atoms with Gasteiger partial charge in [-0.1, -0.05) is 26.2 Å². The third-order valence-electron chi connectivity index (χ3n) is 7.32. The van der Waals surface area contributed by atoms with Crippen LogP contribution in [0.2, 0.25) is 0 Å². The van der Waals surface area contributed by atoms with Crippen LogP contribution in [-0.2, 0) is 0 Å². The monoisotopic (exact) mass is 292 g/mol. The van der Waals surface area contributed by atoms with Crippen LogP contribution >= 0.6 is 0 Å². The van der Waals surface area contributed by atoms with Crippen molar-refractivity contribution in [3.8, 4) is 0 Å². The Kier molecular flexibility index (Phi) is 4.95. The summed E-state index contributed by atoms with van der Waals surface area (Å²) in [5, 5.41) is 0. The van der Waals surface area contributed by atoms with Crippen LogP contribution in [0.25, 0.3) is 0 Å². The molecule has 0 aliphatic heterocycles. The molecule has 0 saturated heterocycles. The standard InChI is InChI=1S/C19H36N2/c1-3-4-15-7-9-19(14-20,10-8-15)21(2)13-18-12-16-5-6-17(18)11-16/h15-18H,3-14,20H2,1-2H3. The lowest BCUT2D eigenvalue weighted by molar-refractivity contribution is 0.0426. The predicted octanol–water partition coefficient (Wildman–Crippen LogP) is 4.04. The number of hydrogen-bond donors (Lipinski definition) is 1. The van der Waals surface area contributed by atoms with Gasteiger partial charge in [0.1, 0.15) is 0 Å². The molecule has 2 bridgehead atoms. The molecule has 3 aliphatic carbocycles. The van der Waals surface area contributed by atoms with E-state index in [0.717, 1.165) is 30.2 Å². The minimum absolute atomic E-state index is 0.325. The maximum atomic E-state index is 6.27. The summed E-state index contributed by atoms with van der Waals surface area (Å²) in [6.45, 7) is 4.51. The van der Waals surface area contributed by atoms with Gasteiger partial charge in [-0.3, -0.25) is 4.90 Å². The Labute approximate surface area is 131 Å². The second-order valence-corrected chi connectivity index (χ2v) is 8.48. The van der Waals surface area contributed by atoms with E-state index < -0.39 is 0 Å². The molecule has 2 N–H and O–H groups in total. The molecule has 3 aliphatic rings. The van der Waals surface area contributed by atoms with E-state index in [1.807, 2.05) is 0 Å². The molecule has 0 spiro atoms. The number of hydrogen-bond acceptors (Lipinski definition) is 2. The summed E-state index contributed by atoms with van der Waals surface area (Å²) in [6.07, 6.45) is 14.3. The van der Waals surface area contributed by atoms with Crippen molar-refractivity contribution in [2.75, 3.05) is 20.1 Å². The van der Waals surface area contributed by atoms with Crippen molar-refractivity contribution in [2.24, 2.45) is 29.4 Å². The van der Waals surface area contributed by atoms with Crippen LogP contribution in [0.4, 0.5) is 0 Å². The zero-order chi connectivity index (χ0) is 14.9. The third-order valence-corrected chi connectivity index (χ3v) is 7.32. The first-order chi connectivity index (χ1) is 10.2. The van der Waals surface area contributed by atoms with Gasteiger partial charge in [-0.25, -0.2) is 0 Å². The topological polar surface area (TPSA) is 29.3 Å². The first-order valence-electron chi connectivity index (χ1n) is 9.58. The summed E-state index contributed by atoms with van der Waals surface area (Å²) in [7, 11) is 2.37. The molecular formula is C19H36N2. The van der Waals surface area contributed by atoms with E-state index in [0.29, 0.717) is 5.54 Å². The van der Waals surface area contributed by atoms with Gasteiger partial charge >= 0.3 is 0 Å². The molecule has 122 valence electrons. The third kappa shape index (κ3) is 3.17. The van der Waals surface area contributed by atoms with Crippen molar-refractivity contribution in [3.63, 3.8) is 0 Å². The lowest BCUT2D eigenvalue weighted by Gasteiger charge is -2.47. The molecule has 3 rings (SSSR count). The molecule has 3 unspecified atom stereocenters. The maximum Gasteiger partial charge on any atom is 0.0329 e. The summed E-state index contributed by atoms with van der Waals surface area (Å²) < 4.78 is 0. The van der Waals surface area contributed by atoms with Crippen LogP contribution in [-0.4, -0.2) is 30.6 Å². The minimum Gasteiger partial charge on any atom is -0.329 e. The van der Waals surface area contributed by atoms with E-state index in [9.17, 15) is 0 Å². The lowest BCUT2D eigenvalue weighted by Crippen LogP contribution is -2.55. The Bertz CT molecular complexity index is 332. The van der Waals surface area contributed by atoms with Gasteiger partial charge in [0, 0.05) is 18.6 Å². The predicted molar refractivity (Wildman–Crippen MR) is 90.2 cm³/mol. The Morgan fingerprint density at radius 3 is 2.38 bits per heavy atom. The second-order valence-electron chi connectivity index (χ2n) is 8.48. The normalized spacial score (nSPS) is 42.9. The summed E-state index contributed by atoms with van der Waals surface area (Å²) in [4.78, 5) is 2.69. The molecule has 0 amide bonds. The number of nitrogens with zero attached hydrogens (tertiary/aromatic N) is 1. The van der Waals surface area contributed by atoms with E-state index in [-0.39, 0.29) is 0 Å². The van der Waals surface area contributed by atoms with E-state index in [2.05, 4.69) is 18.9 Å². The zero-order valence-corrected chi connectivity index (χ0v) is 14.3. The first kappa shape index (κ1) is 15.8. The van der Waals surface area contributed by atoms with Crippen molar-refractivity contribution in [2.45, 2.75) is 76.7 Å². The van der Waals surface area contributed by atoms with Gasteiger partial charge < -0.3 is 5.73 Å². The quantitative estimate of drug-likeness (QED) is 0.800. The highest BCUT2D eigenvalue weighted by Gasteiger charge is 2.43. The van der Waals surface area contributed by atoms with Crippen LogP contribution in [0, 0.1) is 23.7 Å². The molecule has 0 radical (unpaired) electrons. The van der Waals surface area contributed by atoms with Crippen molar-refractivity contribution in [1.29, 1.82) is 0 Å². The molecule has 0 aromatic rings. The Morgan fingerprint density at radius 1 is 1.10 bits per heavy atom. The molecule has 2 nitrogen and oxygen atoms in total.